The van der Waals surface area contributed by atoms with Crippen LogP contribution in [0.2, 0.25) is 0 Å². The molecule has 1 fully saturated rings. The molecule has 2 aromatic heterocycles. The largest absolute Gasteiger partial charge is 0.497 e. The summed E-state index contributed by atoms with van der Waals surface area (Å²) in [5, 5.41) is 9.59. The van der Waals surface area contributed by atoms with Crippen molar-refractivity contribution in [3.8, 4) is 5.75 Å². The minimum atomic E-state index is -0.273. The van der Waals surface area contributed by atoms with Crippen LogP contribution in [0.15, 0.2) is 75.0 Å². The predicted molar refractivity (Wildman–Crippen MR) is 115 cm³/mol. The van der Waals surface area contributed by atoms with Crippen LogP contribution in [0.4, 0.5) is 0 Å². The number of nitrogens with one attached hydrogen (secondary N) is 1. The van der Waals surface area contributed by atoms with E-state index >= 15 is 0 Å². The van der Waals surface area contributed by atoms with E-state index in [4.69, 9.17) is 13.6 Å². The van der Waals surface area contributed by atoms with Gasteiger partial charge in [0.05, 0.1) is 26.2 Å². The molecule has 0 radical (unpaired) electrons. The molecule has 1 N–H and O–H groups in total. The van der Waals surface area contributed by atoms with Crippen LogP contribution < -0.4 is 10.1 Å². The molecule has 1 aliphatic carbocycles. The summed E-state index contributed by atoms with van der Waals surface area (Å²) >= 11 is 0. The molecule has 0 saturated heterocycles. The number of methoxy groups -OCH3 is 1. The molecule has 7 nitrogen and oxygen atoms in total. The van der Waals surface area contributed by atoms with Crippen LogP contribution in [0, 0.1) is 5.92 Å². The van der Waals surface area contributed by atoms with Crippen molar-refractivity contribution in [2.24, 2.45) is 11.0 Å². The summed E-state index contributed by atoms with van der Waals surface area (Å²) in [6, 6.07) is 15.3. The zero-order valence-corrected chi connectivity index (χ0v) is 17.4. The standard InChI is InChI=1S/C24H25N3O4/c1-29-18-10-8-17(9-11-18)24(16-6-7-16)25-15-23(28)27-20(22-5-3-13-31-22)14-19(26-27)21-4-2-12-30-21/h2-5,8-13,16,20,24-25H,6-7,14-15H2,1H3. The maximum Gasteiger partial charge on any atom is 0.257 e. The van der Waals surface area contributed by atoms with Gasteiger partial charge in [0, 0.05) is 12.5 Å². The summed E-state index contributed by atoms with van der Waals surface area (Å²) in [5.41, 5.74) is 1.91. The van der Waals surface area contributed by atoms with Crippen molar-refractivity contribution in [2.75, 3.05) is 13.7 Å². The number of benzene rings is 1. The van der Waals surface area contributed by atoms with Crippen molar-refractivity contribution in [2.45, 2.75) is 31.3 Å². The number of hydrogen-bond donors (Lipinski definition) is 1. The summed E-state index contributed by atoms with van der Waals surface area (Å²) in [6.07, 6.45) is 6.11. The number of ether oxygens (including phenoxy) is 1. The van der Waals surface area contributed by atoms with E-state index in [1.54, 1.807) is 19.6 Å². The lowest BCUT2D eigenvalue weighted by Gasteiger charge is -2.23. The van der Waals surface area contributed by atoms with Gasteiger partial charge in [-0.2, -0.15) is 5.10 Å². The van der Waals surface area contributed by atoms with Gasteiger partial charge in [-0.1, -0.05) is 12.1 Å². The number of hydrogen-bond acceptors (Lipinski definition) is 6. The van der Waals surface area contributed by atoms with Gasteiger partial charge in [-0.15, -0.1) is 0 Å². The van der Waals surface area contributed by atoms with Crippen LogP contribution in [-0.2, 0) is 4.79 Å². The highest BCUT2D eigenvalue weighted by Crippen LogP contribution is 2.41. The van der Waals surface area contributed by atoms with Gasteiger partial charge in [-0.05, 0) is 60.7 Å². The van der Waals surface area contributed by atoms with Crippen LogP contribution in [-0.4, -0.2) is 30.3 Å². The number of amides is 1. The molecule has 1 aliphatic heterocycles. The van der Waals surface area contributed by atoms with Crippen molar-refractivity contribution in [1.29, 1.82) is 0 Å². The first-order chi connectivity index (χ1) is 15.2. The van der Waals surface area contributed by atoms with Crippen LogP contribution >= 0.6 is 0 Å². The highest BCUT2D eigenvalue weighted by Gasteiger charge is 2.37. The third kappa shape index (κ3) is 4.14. The Balaban J connectivity index is 1.32. The third-order valence-corrected chi connectivity index (χ3v) is 5.88. The molecule has 7 heteroatoms. The van der Waals surface area contributed by atoms with Gasteiger partial charge in [0.25, 0.3) is 5.91 Å². The Labute approximate surface area is 180 Å². The molecule has 2 atom stereocenters. The molecular formula is C24H25N3O4. The van der Waals surface area contributed by atoms with Crippen molar-refractivity contribution in [3.63, 3.8) is 0 Å². The zero-order valence-electron chi connectivity index (χ0n) is 17.4. The third-order valence-electron chi connectivity index (χ3n) is 5.88. The molecule has 31 heavy (non-hydrogen) atoms. The summed E-state index contributed by atoms with van der Waals surface area (Å²) in [6.45, 7) is 0.194. The summed E-state index contributed by atoms with van der Waals surface area (Å²) in [4.78, 5) is 13.2. The Hall–Kier alpha value is -3.32. The Morgan fingerprint density at radius 2 is 1.94 bits per heavy atom. The smallest absolute Gasteiger partial charge is 0.257 e. The fraction of sp³-hybridized carbons (Fsp3) is 0.333. The van der Waals surface area contributed by atoms with Crippen molar-refractivity contribution < 1.29 is 18.4 Å². The molecule has 160 valence electrons. The molecule has 5 rings (SSSR count). The highest BCUT2D eigenvalue weighted by molar-refractivity contribution is 6.01. The molecular weight excluding hydrogens is 394 g/mol. The van der Waals surface area contributed by atoms with Crippen LogP contribution in [0.5, 0.6) is 5.75 Å². The van der Waals surface area contributed by atoms with Crippen LogP contribution in [0.3, 0.4) is 0 Å². The molecule has 2 unspecified atom stereocenters. The van der Waals surface area contributed by atoms with Crippen molar-refractivity contribution >= 4 is 11.6 Å². The maximum absolute atomic E-state index is 13.2. The minimum absolute atomic E-state index is 0.0953. The average molecular weight is 419 g/mol. The molecule has 3 heterocycles. The first-order valence-corrected chi connectivity index (χ1v) is 10.6. The van der Waals surface area contributed by atoms with E-state index in [-0.39, 0.29) is 24.5 Å². The van der Waals surface area contributed by atoms with Crippen molar-refractivity contribution in [3.05, 3.63) is 78.1 Å². The average Bonchev–Trinajstić information content (AvgIpc) is 3.23. The van der Waals surface area contributed by atoms with Crippen LogP contribution in [0.1, 0.15) is 48.4 Å². The number of carbonyl (C=O) groups excluding carboxylic acids is 1. The van der Waals surface area contributed by atoms with Crippen molar-refractivity contribution in [1.82, 2.24) is 10.3 Å². The lowest BCUT2D eigenvalue weighted by atomic mass is 10.0. The number of hydrazone groups is 1. The van der Waals surface area contributed by atoms with Crippen LogP contribution in [0.25, 0.3) is 0 Å². The normalized spacial score (nSPS) is 19.3. The molecule has 0 bridgehead atoms. The Kier molecular flexibility index (Phi) is 5.34. The highest BCUT2D eigenvalue weighted by atomic mass is 16.5. The quantitative estimate of drug-likeness (QED) is 0.589. The second-order valence-electron chi connectivity index (χ2n) is 7.97. The second-order valence-corrected chi connectivity index (χ2v) is 7.97. The van der Waals surface area contributed by atoms with Gasteiger partial charge in [0.2, 0.25) is 0 Å². The Morgan fingerprint density at radius 1 is 1.16 bits per heavy atom. The number of nitrogens with zero attached hydrogens (tertiary/aromatic N) is 2. The van der Waals surface area contributed by atoms with E-state index in [0.29, 0.717) is 23.9 Å². The van der Waals surface area contributed by atoms with E-state index in [1.165, 1.54) is 10.6 Å². The Bertz CT molecular complexity index is 1040. The molecule has 0 spiro atoms. The van der Waals surface area contributed by atoms with Gasteiger partial charge in [0.1, 0.15) is 29.0 Å². The summed E-state index contributed by atoms with van der Waals surface area (Å²) in [5.74, 6) is 2.67. The number of furan rings is 2. The second kappa shape index (κ2) is 8.43. The van der Waals surface area contributed by atoms with Gasteiger partial charge >= 0.3 is 0 Å². The van der Waals surface area contributed by atoms with E-state index < -0.39 is 0 Å². The molecule has 3 aromatic rings. The topological polar surface area (TPSA) is 80.2 Å². The first-order valence-electron chi connectivity index (χ1n) is 10.6. The maximum atomic E-state index is 13.2. The van der Waals surface area contributed by atoms with Gasteiger partial charge in [0.15, 0.2) is 0 Å². The zero-order chi connectivity index (χ0) is 21.2. The monoisotopic (exact) mass is 419 g/mol. The summed E-state index contributed by atoms with van der Waals surface area (Å²) < 4.78 is 16.4. The molecule has 1 amide bonds. The lowest BCUT2D eigenvalue weighted by molar-refractivity contribution is -0.132. The minimum Gasteiger partial charge on any atom is -0.497 e. The summed E-state index contributed by atoms with van der Waals surface area (Å²) in [7, 11) is 1.66. The van der Waals surface area contributed by atoms with E-state index in [9.17, 15) is 4.79 Å². The fourth-order valence-electron chi connectivity index (χ4n) is 4.11. The van der Waals surface area contributed by atoms with E-state index in [1.807, 2.05) is 36.4 Å². The number of rotatable bonds is 8. The Morgan fingerprint density at radius 3 is 2.58 bits per heavy atom. The van der Waals surface area contributed by atoms with Gasteiger partial charge < -0.3 is 18.9 Å². The fourth-order valence-corrected chi connectivity index (χ4v) is 4.11. The lowest BCUT2D eigenvalue weighted by Crippen LogP contribution is -2.37. The van der Waals surface area contributed by atoms with Gasteiger partial charge in [-0.3, -0.25) is 4.79 Å². The van der Waals surface area contributed by atoms with E-state index in [0.717, 1.165) is 24.3 Å². The van der Waals surface area contributed by atoms with Gasteiger partial charge in [-0.25, -0.2) is 5.01 Å². The number of carbonyl (C=O) groups is 1. The molecule has 1 aromatic carbocycles. The first kappa shape index (κ1) is 19.6. The molecule has 1 saturated carbocycles. The van der Waals surface area contributed by atoms with E-state index in [2.05, 4.69) is 22.6 Å². The molecule has 2 aliphatic rings. The SMILES string of the molecule is COc1ccc(C(NCC(=O)N2N=C(c3ccco3)CC2c2ccco2)C2CC2)cc1. The predicted octanol–water partition coefficient (Wildman–Crippen LogP) is 4.30.